The SMILES string of the molecule is CC(C)Oc1ccc(CCNC(=O)CC2(O)CCCCC2)cc1. The predicted molar refractivity (Wildman–Crippen MR) is 91.6 cm³/mol. The van der Waals surface area contributed by atoms with Crippen LogP contribution >= 0.6 is 0 Å². The summed E-state index contributed by atoms with van der Waals surface area (Å²) in [6, 6.07) is 7.97. The number of ether oxygens (including phenoxy) is 1. The zero-order valence-electron chi connectivity index (χ0n) is 14.3. The Morgan fingerprint density at radius 3 is 2.48 bits per heavy atom. The zero-order valence-corrected chi connectivity index (χ0v) is 14.3. The summed E-state index contributed by atoms with van der Waals surface area (Å²) in [6.45, 7) is 4.60. The van der Waals surface area contributed by atoms with Crippen LogP contribution in [-0.2, 0) is 11.2 Å². The van der Waals surface area contributed by atoms with Crippen LogP contribution in [0.5, 0.6) is 5.75 Å². The Hall–Kier alpha value is -1.55. The number of hydrogen-bond donors (Lipinski definition) is 2. The van der Waals surface area contributed by atoms with Gasteiger partial charge in [0.05, 0.1) is 18.1 Å². The van der Waals surface area contributed by atoms with Gasteiger partial charge in [0.25, 0.3) is 0 Å². The zero-order chi connectivity index (χ0) is 16.7. The minimum atomic E-state index is -0.780. The highest BCUT2D eigenvalue weighted by atomic mass is 16.5. The van der Waals surface area contributed by atoms with Gasteiger partial charge < -0.3 is 15.2 Å². The van der Waals surface area contributed by atoms with Crippen LogP contribution in [0.15, 0.2) is 24.3 Å². The van der Waals surface area contributed by atoms with Crippen molar-refractivity contribution in [1.82, 2.24) is 5.32 Å². The van der Waals surface area contributed by atoms with Crippen LogP contribution in [0.1, 0.15) is 57.9 Å². The van der Waals surface area contributed by atoms with Crippen molar-refractivity contribution in [2.45, 2.75) is 70.5 Å². The van der Waals surface area contributed by atoms with Crippen LogP contribution in [0.2, 0.25) is 0 Å². The molecule has 1 amide bonds. The van der Waals surface area contributed by atoms with Crippen molar-refractivity contribution in [3.63, 3.8) is 0 Å². The third-order valence-corrected chi connectivity index (χ3v) is 4.30. The summed E-state index contributed by atoms with van der Waals surface area (Å²) in [4.78, 5) is 12.0. The van der Waals surface area contributed by atoms with Gasteiger partial charge in [-0.15, -0.1) is 0 Å². The number of benzene rings is 1. The van der Waals surface area contributed by atoms with E-state index in [1.165, 1.54) is 6.42 Å². The second-order valence-electron chi connectivity index (χ2n) is 6.87. The van der Waals surface area contributed by atoms with Gasteiger partial charge in [0.2, 0.25) is 5.91 Å². The molecule has 0 heterocycles. The molecule has 0 bridgehead atoms. The van der Waals surface area contributed by atoms with E-state index in [4.69, 9.17) is 4.74 Å². The molecule has 0 spiro atoms. The average molecular weight is 319 g/mol. The second-order valence-corrected chi connectivity index (χ2v) is 6.87. The van der Waals surface area contributed by atoms with Gasteiger partial charge in [-0.1, -0.05) is 31.4 Å². The number of hydrogen-bond acceptors (Lipinski definition) is 3. The molecular formula is C19H29NO3. The molecule has 1 aromatic carbocycles. The van der Waals surface area contributed by atoms with E-state index in [1.54, 1.807) is 0 Å². The van der Waals surface area contributed by atoms with Crippen molar-refractivity contribution >= 4 is 5.91 Å². The largest absolute Gasteiger partial charge is 0.491 e. The number of nitrogens with one attached hydrogen (secondary N) is 1. The lowest BCUT2D eigenvalue weighted by Crippen LogP contribution is -2.38. The predicted octanol–water partition coefficient (Wildman–Crippen LogP) is 3.22. The molecule has 1 aliphatic carbocycles. The molecule has 1 saturated carbocycles. The molecule has 0 radical (unpaired) electrons. The van der Waals surface area contributed by atoms with Gasteiger partial charge in [0.15, 0.2) is 0 Å². The van der Waals surface area contributed by atoms with Crippen LogP contribution < -0.4 is 10.1 Å². The summed E-state index contributed by atoms with van der Waals surface area (Å²) in [7, 11) is 0. The van der Waals surface area contributed by atoms with Gasteiger partial charge in [-0.3, -0.25) is 4.79 Å². The number of amides is 1. The molecule has 0 aliphatic heterocycles. The van der Waals surface area contributed by atoms with Crippen LogP contribution in [0, 0.1) is 0 Å². The van der Waals surface area contributed by atoms with Gasteiger partial charge in [-0.25, -0.2) is 0 Å². The topological polar surface area (TPSA) is 58.6 Å². The van der Waals surface area contributed by atoms with Gasteiger partial charge in [-0.2, -0.15) is 0 Å². The van der Waals surface area contributed by atoms with E-state index in [0.29, 0.717) is 6.54 Å². The molecule has 2 N–H and O–H groups in total. The lowest BCUT2D eigenvalue weighted by Gasteiger charge is -2.31. The normalized spacial score (nSPS) is 17.0. The first-order valence-electron chi connectivity index (χ1n) is 8.71. The van der Waals surface area contributed by atoms with E-state index in [1.807, 2.05) is 38.1 Å². The fourth-order valence-electron chi connectivity index (χ4n) is 3.10. The molecule has 4 heteroatoms. The lowest BCUT2D eigenvalue weighted by atomic mass is 9.82. The maximum Gasteiger partial charge on any atom is 0.222 e. The summed E-state index contributed by atoms with van der Waals surface area (Å²) in [5.74, 6) is 0.821. The van der Waals surface area contributed by atoms with Gasteiger partial charge >= 0.3 is 0 Å². The fourth-order valence-corrected chi connectivity index (χ4v) is 3.10. The molecule has 2 rings (SSSR count). The smallest absolute Gasteiger partial charge is 0.222 e. The van der Waals surface area contributed by atoms with Gasteiger partial charge in [-0.05, 0) is 50.8 Å². The summed E-state index contributed by atoms with van der Waals surface area (Å²) < 4.78 is 5.61. The standard InChI is InChI=1S/C19H29NO3/c1-15(2)23-17-8-6-16(7-9-17)10-13-20-18(21)14-19(22)11-4-3-5-12-19/h6-9,15,22H,3-5,10-14H2,1-2H3,(H,20,21). The molecule has 0 atom stereocenters. The average Bonchev–Trinajstić information content (AvgIpc) is 2.48. The van der Waals surface area contributed by atoms with E-state index >= 15 is 0 Å². The summed E-state index contributed by atoms with van der Waals surface area (Å²) in [5, 5.41) is 13.3. The fraction of sp³-hybridized carbons (Fsp3) is 0.632. The van der Waals surface area contributed by atoms with Gasteiger partial charge in [0, 0.05) is 6.54 Å². The minimum absolute atomic E-state index is 0.0471. The number of aliphatic hydroxyl groups is 1. The van der Waals surface area contributed by atoms with Crippen molar-refractivity contribution in [3.8, 4) is 5.75 Å². The molecule has 0 unspecified atom stereocenters. The number of rotatable bonds is 7. The van der Waals surface area contributed by atoms with Crippen LogP contribution in [0.3, 0.4) is 0 Å². The molecule has 0 saturated heterocycles. The maximum absolute atomic E-state index is 12.0. The Morgan fingerprint density at radius 2 is 1.87 bits per heavy atom. The van der Waals surface area contributed by atoms with E-state index in [0.717, 1.165) is 43.4 Å². The highest BCUT2D eigenvalue weighted by molar-refractivity contribution is 5.77. The molecule has 1 aliphatic rings. The van der Waals surface area contributed by atoms with Crippen molar-refractivity contribution in [2.24, 2.45) is 0 Å². The van der Waals surface area contributed by atoms with Crippen molar-refractivity contribution in [1.29, 1.82) is 0 Å². The molecular weight excluding hydrogens is 290 g/mol. The first kappa shape index (κ1) is 17.8. The first-order chi connectivity index (χ1) is 11.0. The second kappa shape index (κ2) is 8.34. The monoisotopic (exact) mass is 319 g/mol. The molecule has 128 valence electrons. The van der Waals surface area contributed by atoms with Crippen LogP contribution in [-0.4, -0.2) is 29.3 Å². The third-order valence-electron chi connectivity index (χ3n) is 4.30. The van der Waals surface area contributed by atoms with E-state index < -0.39 is 5.60 Å². The van der Waals surface area contributed by atoms with E-state index in [9.17, 15) is 9.90 Å². The Morgan fingerprint density at radius 1 is 1.22 bits per heavy atom. The Balaban J connectivity index is 1.70. The van der Waals surface area contributed by atoms with E-state index in [2.05, 4.69) is 5.32 Å². The summed E-state index contributed by atoms with van der Waals surface area (Å²) >= 11 is 0. The van der Waals surface area contributed by atoms with E-state index in [-0.39, 0.29) is 18.4 Å². The Kier molecular flexibility index (Phi) is 6.46. The first-order valence-corrected chi connectivity index (χ1v) is 8.71. The number of carbonyl (C=O) groups excluding carboxylic acids is 1. The molecule has 1 fully saturated rings. The molecule has 1 aromatic rings. The van der Waals surface area contributed by atoms with Crippen LogP contribution in [0.4, 0.5) is 0 Å². The summed E-state index contributed by atoms with van der Waals surface area (Å²) in [5.41, 5.74) is 0.385. The highest BCUT2D eigenvalue weighted by Gasteiger charge is 2.31. The van der Waals surface area contributed by atoms with Crippen LogP contribution in [0.25, 0.3) is 0 Å². The molecule has 0 aromatic heterocycles. The summed E-state index contributed by atoms with van der Waals surface area (Å²) in [6.07, 6.45) is 5.89. The maximum atomic E-state index is 12.0. The third kappa shape index (κ3) is 6.22. The van der Waals surface area contributed by atoms with Gasteiger partial charge in [0.1, 0.15) is 5.75 Å². The quantitative estimate of drug-likeness (QED) is 0.811. The Bertz CT molecular complexity index is 490. The lowest BCUT2D eigenvalue weighted by molar-refractivity contribution is -0.127. The number of carbonyl (C=O) groups is 1. The van der Waals surface area contributed by atoms with Crippen molar-refractivity contribution in [2.75, 3.05) is 6.54 Å². The molecule has 23 heavy (non-hydrogen) atoms. The minimum Gasteiger partial charge on any atom is -0.491 e. The van der Waals surface area contributed by atoms with Crippen molar-refractivity contribution < 1.29 is 14.6 Å². The highest BCUT2D eigenvalue weighted by Crippen LogP contribution is 2.30. The Labute approximate surface area is 139 Å². The van der Waals surface area contributed by atoms with Crippen molar-refractivity contribution in [3.05, 3.63) is 29.8 Å². The molecule has 4 nitrogen and oxygen atoms in total.